The molecular formula is C13H8F3N3O3. The number of anilines is 1. The van der Waals surface area contributed by atoms with Crippen LogP contribution in [0.3, 0.4) is 0 Å². The van der Waals surface area contributed by atoms with Gasteiger partial charge in [0, 0.05) is 17.7 Å². The van der Waals surface area contributed by atoms with Crippen molar-refractivity contribution in [2.24, 2.45) is 0 Å². The first kappa shape index (κ1) is 15.4. The van der Waals surface area contributed by atoms with Crippen LogP contribution in [0.5, 0.6) is 0 Å². The van der Waals surface area contributed by atoms with Gasteiger partial charge < -0.3 is 10.4 Å². The standard InChI is InChI=1S/C13H8F3N3O3/c14-6-3-8(15)7(9(16)4-6)5-11(20)18-10-1-2-17-19-12(10)13(21)22/h1-4H,5H2,(H,21,22)(H,17,18,20). The highest BCUT2D eigenvalue weighted by Crippen LogP contribution is 2.17. The molecule has 0 unspecified atom stereocenters. The molecule has 1 heterocycles. The van der Waals surface area contributed by atoms with E-state index < -0.39 is 47.0 Å². The molecule has 0 bridgehead atoms. The second-order valence-electron chi connectivity index (χ2n) is 4.17. The molecule has 0 radical (unpaired) electrons. The van der Waals surface area contributed by atoms with Crippen molar-refractivity contribution in [2.45, 2.75) is 6.42 Å². The van der Waals surface area contributed by atoms with Crippen molar-refractivity contribution in [3.8, 4) is 0 Å². The Balaban J connectivity index is 2.20. The van der Waals surface area contributed by atoms with E-state index in [-0.39, 0.29) is 5.69 Å². The van der Waals surface area contributed by atoms with Crippen molar-refractivity contribution in [1.82, 2.24) is 10.2 Å². The Hall–Kier alpha value is -2.97. The normalized spacial score (nSPS) is 10.3. The van der Waals surface area contributed by atoms with Crippen LogP contribution in [0, 0.1) is 17.5 Å². The van der Waals surface area contributed by atoms with Crippen LogP contribution < -0.4 is 5.32 Å². The average molecular weight is 311 g/mol. The van der Waals surface area contributed by atoms with E-state index in [1.165, 1.54) is 6.07 Å². The van der Waals surface area contributed by atoms with Gasteiger partial charge in [0.05, 0.1) is 18.3 Å². The summed E-state index contributed by atoms with van der Waals surface area (Å²) in [6.45, 7) is 0. The van der Waals surface area contributed by atoms with Crippen molar-refractivity contribution < 1.29 is 27.9 Å². The lowest BCUT2D eigenvalue weighted by Gasteiger charge is -2.08. The molecule has 2 N–H and O–H groups in total. The highest BCUT2D eigenvalue weighted by atomic mass is 19.1. The Morgan fingerprint density at radius 3 is 2.41 bits per heavy atom. The van der Waals surface area contributed by atoms with E-state index in [1.807, 2.05) is 0 Å². The van der Waals surface area contributed by atoms with Gasteiger partial charge in [0.15, 0.2) is 5.69 Å². The molecule has 0 spiro atoms. The summed E-state index contributed by atoms with van der Waals surface area (Å²) in [4.78, 5) is 22.7. The molecule has 9 heteroatoms. The Morgan fingerprint density at radius 2 is 1.82 bits per heavy atom. The third-order valence-corrected chi connectivity index (χ3v) is 2.64. The molecule has 6 nitrogen and oxygen atoms in total. The third-order valence-electron chi connectivity index (χ3n) is 2.64. The number of carboxylic acid groups (broad SMARTS) is 1. The smallest absolute Gasteiger partial charge is 0.358 e. The molecule has 0 aliphatic heterocycles. The van der Waals surface area contributed by atoms with E-state index >= 15 is 0 Å². The van der Waals surface area contributed by atoms with Gasteiger partial charge in [0.2, 0.25) is 5.91 Å². The minimum atomic E-state index is -1.43. The molecule has 2 aromatic rings. The molecule has 0 saturated heterocycles. The lowest BCUT2D eigenvalue weighted by molar-refractivity contribution is -0.115. The molecular weight excluding hydrogens is 303 g/mol. The second kappa shape index (κ2) is 6.20. The number of aromatic carboxylic acids is 1. The summed E-state index contributed by atoms with van der Waals surface area (Å²) >= 11 is 0. The number of hydrogen-bond donors (Lipinski definition) is 2. The number of carboxylic acids is 1. The number of carbonyl (C=O) groups excluding carboxylic acids is 1. The molecule has 114 valence electrons. The number of nitrogens with one attached hydrogen (secondary N) is 1. The summed E-state index contributed by atoms with van der Waals surface area (Å²) in [6.07, 6.45) is 0.403. The molecule has 22 heavy (non-hydrogen) atoms. The van der Waals surface area contributed by atoms with Gasteiger partial charge in [-0.25, -0.2) is 18.0 Å². The quantitative estimate of drug-likeness (QED) is 0.898. The topological polar surface area (TPSA) is 92.2 Å². The molecule has 0 aliphatic carbocycles. The summed E-state index contributed by atoms with van der Waals surface area (Å²) in [6, 6.07) is 2.07. The van der Waals surface area contributed by atoms with Gasteiger partial charge in [-0.2, -0.15) is 5.10 Å². The zero-order valence-corrected chi connectivity index (χ0v) is 10.8. The molecule has 2 rings (SSSR count). The van der Waals surface area contributed by atoms with Gasteiger partial charge in [-0.3, -0.25) is 4.79 Å². The first-order valence-corrected chi connectivity index (χ1v) is 5.86. The van der Waals surface area contributed by atoms with E-state index in [0.717, 1.165) is 6.20 Å². The monoisotopic (exact) mass is 311 g/mol. The van der Waals surface area contributed by atoms with Crippen molar-refractivity contribution >= 4 is 17.6 Å². The number of hydrogen-bond acceptors (Lipinski definition) is 4. The van der Waals surface area contributed by atoms with E-state index in [0.29, 0.717) is 12.1 Å². The summed E-state index contributed by atoms with van der Waals surface area (Å²) in [5.41, 5.74) is -1.32. The number of halogens is 3. The maximum Gasteiger partial charge on any atom is 0.358 e. The lowest BCUT2D eigenvalue weighted by Crippen LogP contribution is -2.19. The van der Waals surface area contributed by atoms with E-state index in [4.69, 9.17) is 5.11 Å². The summed E-state index contributed by atoms with van der Waals surface area (Å²) in [5, 5.41) is 17.7. The largest absolute Gasteiger partial charge is 0.476 e. The Labute approximate surface area is 121 Å². The van der Waals surface area contributed by atoms with Crippen molar-refractivity contribution in [2.75, 3.05) is 5.32 Å². The van der Waals surface area contributed by atoms with E-state index in [9.17, 15) is 22.8 Å². The molecule has 0 aliphatic rings. The van der Waals surface area contributed by atoms with E-state index in [2.05, 4.69) is 15.5 Å². The van der Waals surface area contributed by atoms with Gasteiger partial charge in [-0.15, -0.1) is 5.10 Å². The van der Waals surface area contributed by atoms with Crippen molar-refractivity contribution in [3.05, 3.63) is 53.1 Å². The van der Waals surface area contributed by atoms with Gasteiger partial charge >= 0.3 is 5.97 Å². The number of benzene rings is 1. The fraction of sp³-hybridized carbons (Fsp3) is 0.0769. The van der Waals surface area contributed by atoms with Gasteiger partial charge in [0.25, 0.3) is 0 Å². The van der Waals surface area contributed by atoms with Crippen LogP contribution in [0.2, 0.25) is 0 Å². The SMILES string of the molecule is O=C(Cc1c(F)cc(F)cc1F)Nc1ccnnc1C(=O)O. The van der Waals surface area contributed by atoms with Crippen molar-refractivity contribution in [3.63, 3.8) is 0 Å². The average Bonchev–Trinajstić information content (AvgIpc) is 2.43. The molecule has 1 amide bonds. The molecule has 0 atom stereocenters. The summed E-state index contributed by atoms with van der Waals surface area (Å²) < 4.78 is 39.7. The van der Waals surface area contributed by atoms with Gasteiger partial charge in [0.1, 0.15) is 17.5 Å². The highest BCUT2D eigenvalue weighted by molar-refractivity contribution is 5.99. The summed E-state index contributed by atoms with van der Waals surface area (Å²) in [7, 11) is 0. The fourth-order valence-corrected chi connectivity index (χ4v) is 1.69. The first-order chi connectivity index (χ1) is 10.4. The number of amides is 1. The Morgan fingerprint density at radius 1 is 1.18 bits per heavy atom. The number of aromatic nitrogens is 2. The van der Waals surface area contributed by atoms with Crippen LogP contribution in [0.15, 0.2) is 24.4 Å². The van der Waals surface area contributed by atoms with Crippen LogP contribution in [-0.4, -0.2) is 27.2 Å². The van der Waals surface area contributed by atoms with Crippen LogP contribution in [0.1, 0.15) is 16.1 Å². The minimum Gasteiger partial charge on any atom is -0.476 e. The minimum absolute atomic E-state index is 0.171. The molecule has 0 saturated carbocycles. The maximum absolute atomic E-state index is 13.4. The number of carbonyl (C=O) groups is 2. The summed E-state index contributed by atoms with van der Waals surface area (Å²) in [5.74, 6) is -5.84. The fourth-order valence-electron chi connectivity index (χ4n) is 1.69. The second-order valence-corrected chi connectivity index (χ2v) is 4.17. The zero-order valence-electron chi connectivity index (χ0n) is 10.8. The van der Waals surface area contributed by atoms with Crippen LogP contribution in [-0.2, 0) is 11.2 Å². The molecule has 0 fully saturated rings. The Bertz CT molecular complexity index is 729. The number of nitrogens with zero attached hydrogens (tertiary/aromatic N) is 2. The van der Waals surface area contributed by atoms with Gasteiger partial charge in [-0.1, -0.05) is 0 Å². The van der Waals surface area contributed by atoms with Crippen molar-refractivity contribution in [1.29, 1.82) is 0 Å². The highest BCUT2D eigenvalue weighted by Gasteiger charge is 2.18. The predicted octanol–water partition coefficient (Wildman–Crippen LogP) is 1.77. The molecule has 1 aromatic carbocycles. The number of rotatable bonds is 4. The van der Waals surface area contributed by atoms with E-state index in [1.54, 1.807) is 0 Å². The maximum atomic E-state index is 13.4. The van der Waals surface area contributed by atoms with Crippen LogP contribution >= 0.6 is 0 Å². The Kier molecular flexibility index (Phi) is 4.35. The van der Waals surface area contributed by atoms with Gasteiger partial charge in [-0.05, 0) is 6.07 Å². The first-order valence-electron chi connectivity index (χ1n) is 5.86. The van der Waals surface area contributed by atoms with Crippen LogP contribution in [0.4, 0.5) is 18.9 Å². The zero-order chi connectivity index (χ0) is 16.3. The van der Waals surface area contributed by atoms with Crippen LogP contribution in [0.25, 0.3) is 0 Å². The lowest BCUT2D eigenvalue weighted by atomic mass is 10.1. The molecule has 1 aromatic heterocycles. The predicted molar refractivity (Wildman–Crippen MR) is 67.6 cm³/mol. The third kappa shape index (κ3) is 3.37.